The second kappa shape index (κ2) is 11.3. The Balaban J connectivity index is 4.10. The van der Waals surface area contributed by atoms with Crippen LogP contribution in [0, 0.1) is 0 Å². The van der Waals surface area contributed by atoms with Crippen LogP contribution in [-0.2, 0) is 4.79 Å². The number of carbonyl (C=O) groups excluding carboxylic acids is 1. The zero-order chi connectivity index (χ0) is 13.8. The first-order valence-corrected chi connectivity index (χ1v) is 7.39. The van der Waals surface area contributed by atoms with E-state index in [1.807, 2.05) is 5.01 Å². The molecular formula is C15H30N2O. The van der Waals surface area contributed by atoms with Crippen LogP contribution >= 0.6 is 0 Å². The van der Waals surface area contributed by atoms with Gasteiger partial charge in [0.25, 0.3) is 5.91 Å². The molecule has 0 radical (unpaired) electrons. The van der Waals surface area contributed by atoms with Crippen LogP contribution in [0.5, 0.6) is 0 Å². The fourth-order valence-electron chi connectivity index (χ4n) is 1.65. The molecule has 106 valence electrons. The van der Waals surface area contributed by atoms with Crippen molar-refractivity contribution < 1.29 is 4.79 Å². The molecule has 0 bridgehead atoms. The predicted octanol–water partition coefficient (Wildman–Crippen LogP) is 3.67. The Labute approximate surface area is 113 Å². The zero-order valence-electron chi connectivity index (χ0n) is 12.4. The molecule has 0 saturated heterocycles. The smallest absolute Gasteiger partial charge is 0.260 e. The highest BCUT2D eigenvalue weighted by atomic mass is 16.2. The number of hydrazine groups is 1. The van der Waals surface area contributed by atoms with E-state index < -0.39 is 0 Å². The Hall–Kier alpha value is -0.830. The molecule has 0 aromatic heterocycles. The highest BCUT2D eigenvalue weighted by Crippen LogP contribution is 2.05. The Bertz CT molecular complexity index is 231. The third kappa shape index (κ3) is 8.29. The summed E-state index contributed by atoms with van der Waals surface area (Å²) in [6.45, 7) is 12.2. The van der Waals surface area contributed by atoms with Crippen molar-refractivity contribution >= 4 is 5.91 Å². The van der Waals surface area contributed by atoms with Crippen LogP contribution in [0.3, 0.4) is 0 Å². The molecule has 0 heterocycles. The average molecular weight is 254 g/mol. The first kappa shape index (κ1) is 17.2. The van der Waals surface area contributed by atoms with Gasteiger partial charge in [-0.15, -0.1) is 0 Å². The minimum atomic E-state index is -0.00402. The SMILES string of the molecule is C=C(CCCC)C(=O)NN(CCCC)CCCC. The van der Waals surface area contributed by atoms with E-state index in [9.17, 15) is 4.79 Å². The number of amides is 1. The maximum absolute atomic E-state index is 11.9. The van der Waals surface area contributed by atoms with E-state index >= 15 is 0 Å². The normalized spacial score (nSPS) is 10.7. The quantitative estimate of drug-likeness (QED) is 0.451. The van der Waals surface area contributed by atoms with Crippen molar-refractivity contribution in [3.63, 3.8) is 0 Å². The van der Waals surface area contributed by atoms with Gasteiger partial charge in [0, 0.05) is 18.7 Å². The summed E-state index contributed by atoms with van der Waals surface area (Å²) in [5, 5.41) is 2.05. The molecule has 0 spiro atoms. The van der Waals surface area contributed by atoms with E-state index in [-0.39, 0.29) is 5.91 Å². The molecule has 0 fully saturated rings. The fourth-order valence-corrected chi connectivity index (χ4v) is 1.65. The highest BCUT2D eigenvalue weighted by Gasteiger charge is 2.11. The third-order valence-corrected chi connectivity index (χ3v) is 2.98. The highest BCUT2D eigenvalue weighted by molar-refractivity contribution is 5.92. The van der Waals surface area contributed by atoms with Crippen LogP contribution in [0.15, 0.2) is 12.2 Å². The Morgan fingerprint density at radius 3 is 1.94 bits per heavy atom. The molecule has 0 saturated carbocycles. The second-order valence-corrected chi connectivity index (χ2v) is 4.84. The van der Waals surface area contributed by atoms with Crippen LogP contribution in [0.2, 0.25) is 0 Å². The summed E-state index contributed by atoms with van der Waals surface area (Å²) in [6.07, 6.45) is 7.47. The van der Waals surface area contributed by atoms with Crippen molar-refractivity contribution in [2.45, 2.75) is 65.7 Å². The lowest BCUT2D eigenvalue weighted by molar-refractivity contribution is -0.122. The van der Waals surface area contributed by atoms with Crippen molar-refractivity contribution in [2.75, 3.05) is 13.1 Å². The van der Waals surface area contributed by atoms with Gasteiger partial charge in [-0.2, -0.15) is 0 Å². The van der Waals surface area contributed by atoms with Gasteiger partial charge in [0.15, 0.2) is 0 Å². The van der Waals surface area contributed by atoms with Crippen LogP contribution in [0.4, 0.5) is 0 Å². The molecular weight excluding hydrogens is 224 g/mol. The van der Waals surface area contributed by atoms with E-state index in [0.717, 1.165) is 58.0 Å². The van der Waals surface area contributed by atoms with E-state index in [0.29, 0.717) is 5.57 Å². The maximum Gasteiger partial charge on any atom is 0.260 e. The van der Waals surface area contributed by atoms with Crippen molar-refractivity contribution in [3.05, 3.63) is 12.2 Å². The number of carbonyl (C=O) groups is 1. The number of hydrogen-bond acceptors (Lipinski definition) is 2. The third-order valence-electron chi connectivity index (χ3n) is 2.98. The van der Waals surface area contributed by atoms with Crippen LogP contribution < -0.4 is 5.43 Å². The van der Waals surface area contributed by atoms with Crippen LogP contribution in [0.25, 0.3) is 0 Å². The van der Waals surface area contributed by atoms with E-state index in [4.69, 9.17) is 0 Å². The lowest BCUT2D eigenvalue weighted by Crippen LogP contribution is -2.43. The Morgan fingerprint density at radius 1 is 1.00 bits per heavy atom. The van der Waals surface area contributed by atoms with E-state index in [1.54, 1.807) is 0 Å². The minimum Gasteiger partial charge on any atom is -0.285 e. The average Bonchev–Trinajstić information content (AvgIpc) is 2.38. The number of hydrogen-bond donors (Lipinski definition) is 1. The van der Waals surface area contributed by atoms with E-state index in [1.165, 1.54) is 0 Å². The topological polar surface area (TPSA) is 32.3 Å². The maximum atomic E-state index is 11.9. The summed E-state index contributed by atoms with van der Waals surface area (Å²) >= 11 is 0. The molecule has 0 atom stereocenters. The van der Waals surface area contributed by atoms with Crippen LogP contribution in [0.1, 0.15) is 65.7 Å². The largest absolute Gasteiger partial charge is 0.285 e. The standard InChI is InChI=1S/C15H30N2O/c1-5-8-11-14(4)15(18)16-17(12-9-6-2)13-10-7-3/h4-13H2,1-3H3,(H,16,18). The molecule has 0 rings (SSSR count). The molecule has 0 aromatic carbocycles. The molecule has 3 nitrogen and oxygen atoms in total. The lowest BCUT2D eigenvalue weighted by atomic mass is 10.1. The van der Waals surface area contributed by atoms with Crippen LogP contribution in [-0.4, -0.2) is 24.0 Å². The number of unbranched alkanes of at least 4 members (excludes halogenated alkanes) is 3. The Kier molecular flexibility index (Phi) is 10.8. The Morgan fingerprint density at radius 2 is 1.50 bits per heavy atom. The van der Waals surface area contributed by atoms with Gasteiger partial charge in [-0.05, 0) is 25.7 Å². The van der Waals surface area contributed by atoms with Crippen molar-refractivity contribution in [3.8, 4) is 0 Å². The molecule has 1 amide bonds. The molecule has 0 aromatic rings. The number of nitrogens with zero attached hydrogens (tertiary/aromatic N) is 1. The van der Waals surface area contributed by atoms with Gasteiger partial charge in [-0.3, -0.25) is 10.2 Å². The van der Waals surface area contributed by atoms with Crippen molar-refractivity contribution in [2.24, 2.45) is 0 Å². The molecule has 0 aliphatic carbocycles. The van der Waals surface area contributed by atoms with Crippen molar-refractivity contribution in [1.82, 2.24) is 10.4 Å². The predicted molar refractivity (Wildman–Crippen MR) is 78.2 cm³/mol. The summed E-state index contributed by atoms with van der Waals surface area (Å²) in [5.74, 6) is -0.00402. The van der Waals surface area contributed by atoms with Gasteiger partial charge in [-0.25, -0.2) is 5.01 Å². The fraction of sp³-hybridized carbons (Fsp3) is 0.800. The van der Waals surface area contributed by atoms with Gasteiger partial charge in [0.1, 0.15) is 0 Å². The molecule has 1 N–H and O–H groups in total. The first-order valence-electron chi connectivity index (χ1n) is 7.39. The minimum absolute atomic E-state index is 0.00402. The van der Waals surface area contributed by atoms with E-state index in [2.05, 4.69) is 32.8 Å². The van der Waals surface area contributed by atoms with Gasteiger partial charge in [0.05, 0.1) is 0 Å². The summed E-state index contributed by atoms with van der Waals surface area (Å²) in [4.78, 5) is 11.9. The van der Waals surface area contributed by atoms with Gasteiger partial charge >= 0.3 is 0 Å². The number of nitrogens with one attached hydrogen (secondary N) is 1. The summed E-state index contributed by atoms with van der Waals surface area (Å²) in [7, 11) is 0. The molecule has 0 aliphatic heterocycles. The zero-order valence-corrected chi connectivity index (χ0v) is 12.4. The molecule has 0 unspecified atom stereocenters. The first-order chi connectivity index (χ1) is 8.65. The van der Waals surface area contributed by atoms with Crippen molar-refractivity contribution in [1.29, 1.82) is 0 Å². The molecule has 3 heteroatoms. The van der Waals surface area contributed by atoms with Gasteiger partial charge in [0.2, 0.25) is 0 Å². The second-order valence-electron chi connectivity index (χ2n) is 4.84. The molecule has 18 heavy (non-hydrogen) atoms. The summed E-state index contributed by atoms with van der Waals surface area (Å²) in [6, 6.07) is 0. The van der Waals surface area contributed by atoms with Gasteiger partial charge in [-0.1, -0.05) is 46.6 Å². The lowest BCUT2D eigenvalue weighted by Gasteiger charge is -2.23. The summed E-state index contributed by atoms with van der Waals surface area (Å²) in [5.41, 5.74) is 3.69. The van der Waals surface area contributed by atoms with Gasteiger partial charge < -0.3 is 0 Å². The molecule has 0 aliphatic rings. The monoisotopic (exact) mass is 254 g/mol. The summed E-state index contributed by atoms with van der Waals surface area (Å²) < 4.78 is 0. The number of rotatable bonds is 11.